The average Bonchev–Trinajstić information content (AvgIpc) is 3.09. The number of carbonyl (C=O) groups is 1. The summed E-state index contributed by atoms with van der Waals surface area (Å²) in [6.07, 6.45) is 3.87. The minimum absolute atomic E-state index is 0.0315. The molecule has 1 saturated heterocycles. The number of nitrogens with two attached hydrogens (primary N) is 1. The van der Waals surface area contributed by atoms with E-state index in [-0.39, 0.29) is 41.6 Å². The number of urea groups is 1. The highest BCUT2D eigenvalue weighted by molar-refractivity contribution is 5.90. The molecule has 2 aliphatic rings. The van der Waals surface area contributed by atoms with Crippen LogP contribution in [0.1, 0.15) is 43.2 Å². The number of aromatic nitrogens is 3. The fourth-order valence-electron chi connectivity index (χ4n) is 5.06. The summed E-state index contributed by atoms with van der Waals surface area (Å²) in [5.74, 6) is -1.78. The van der Waals surface area contributed by atoms with Gasteiger partial charge in [-0.2, -0.15) is 0 Å². The summed E-state index contributed by atoms with van der Waals surface area (Å²) in [5, 5.41) is 2.95. The second-order valence-electron chi connectivity index (χ2n) is 9.07. The second kappa shape index (κ2) is 9.47. The van der Waals surface area contributed by atoms with Crippen LogP contribution < -0.4 is 16.7 Å². The number of benzene rings is 1. The van der Waals surface area contributed by atoms with Gasteiger partial charge in [0.05, 0.1) is 11.6 Å². The smallest absolute Gasteiger partial charge is 0.327 e. The molecule has 35 heavy (non-hydrogen) atoms. The van der Waals surface area contributed by atoms with E-state index in [0.29, 0.717) is 44.4 Å². The molecule has 4 N–H and O–H groups in total. The summed E-state index contributed by atoms with van der Waals surface area (Å²) in [6.45, 7) is 1.20. The van der Waals surface area contributed by atoms with Gasteiger partial charge in [0.2, 0.25) is 0 Å². The normalized spacial score (nSPS) is 21.5. The second-order valence-corrected chi connectivity index (χ2v) is 9.07. The van der Waals surface area contributed by atoms with E-state index in [4.69, 9.17) is 5.73 Å². The third-order valence-corrected chi connectivity index (χ3v) is 6.98. The van der Waals surface area contributed by atoms with Crippen LogP contribution in [0, 0.1) is 11.6 Å². The lowest BCUT2D eigenvalue weighted by Gasteiger charge is -2.33. The molecule has 9 nitrogen and oxygen atoms in total. The Hall–Kier alpha value is -3.76. The van der Waals surface area contributed by atoms with Gasteiger partial charge < -0.3 is 16.0 Å². The van der Waals surface area contributed by atoms with E-state index in [1.165, 1.54) is 6.07 Å². The lowest BCUT2D eigenvalue weighted by atomic mass is 9.93. The summed E-state index contributed by atoms with van der Waals surface area (Å²) in [4.78, 5) is 38.4. The van der Waals surface area contributed by atoms with Gasteiger partial charge in [0.25, 0.3) is 0 Å². The number of fused-ring (bicyclic) bond motifs is 1. The standard InChI is InChI=1S/C24H27F2N7O2/c25-17-4-1-3-16(20(17)26)14-6-7-18(21(27)29-13-14)30-23(34)32-11-8-15(9-12-32)33-19-5-2-10-28-22(19)31-24(33)35/h1-5,10,14-15,18H,6-9,11-13H2,(H2,27,29)(H,30,34)(H,28,31,35)/t14-,18-/m1/s1. The molecule has 11 heteroatoms. The Bertz CT molecular complexity index is 1330. The Morgan fingerprint density at radius 1 is 1.11 bits per heavy atom. The van der Waals surface area contributed by atoms with Crippen molar-refractivity contribution in [1.82, 2.24) is 24.8 Å². The van der Waals surface area contributed by atoms with Crippen molar-refractivity contribution in [3.8, 4) is 0 Å². The number of nitrogens with zero attached hydrogens (tertiary/aromatic N) is 4. The topological polar surface area (TPSA) is 121 Å². The number of aromatic amines is 1. The number of H-pyrrole nitrogens is 1. The minimum atomic E-state index is -0.886. The van der Waals surface area contributed by atoms with Crippen LogP contribution in [-0.4, -0.2) is 57.0 Å². The Balaban J connectivity index is 1.20. The Morgan fingerprint density at radius 3 is 2.71 bits per heavy atom. The van der Waals surface area contributed by atoms with Gasteiger partial charge in [-0.1, -0.05) is 12.1 Å². The predicted octanol–water partition coefficient (Wildman–Crippen LogP) is 2.65. The molecule has 1 aromatic carbocycles. The molecule has 0 unspecified atom stereocenters. The third-order valence-electron chi connectivity index (χ3n) is 6.98. The maximum Gasteiger partial charge on any atom is 0.327 e. The molecule has 0 saturated carbocycles. The number of nitrogens with one attached hydrogen (secondary N) is 2. The van der Waals surface area contributed by atoms with Crippen molar-refractivity contribution < 1.29 is 13.6 Å². The van der Waals surface area contributed by atoms with Crippen molar-refractivity contribution in [1.29, 1.82) is 0 Å². The predicted molar refractivity (Wildman–Crippen MR) is 127 cm³/mol. The van der Waals surface area contributed by atoms with Crippen molar-refractivity contribution in [2.75, 3.05) is 19.6 Å². The lowest BCUT2D eigenvalue weighted by Crippen LogP contribution is -2.51. The number of halogens is 2. The molecule has 3 aromatic rings. The monoisotopic (exact) mass is 483 g/mol. The molecule has 2 aliphatic heterocycles. The Labute approximate surface area is 200 Å². The maximum atomic E-state index is 14.3. The average molecular weight is 484 g/mol. The molecule has 2 aromatic heterocycles. The molecular formula is C24H27F2N7O2. The van der Waals surface area contributed by atoms with Gasteiger partial charge in [0, 0.05) is 37.8 Å². The summed E-state index contributed by atoms with van der Waals surface area (Å²) < 4.78 is 29.6. The molecule has 0 bridgehead atoms. The highest BCUT2D eigenvalue weighted by Gasteiger charge is 2.30. The molecule has 0 aliphatic carbocycles. The number of carbonyl (C=O) groups excluding carboxylic acids is 1. The molecule has 4 heterocycles. The van der Waals surface area contributed by atoms with E-state index in [0.717, 1.165) is 11.6 Å². The van der Waals surface area contributed by atoms with Gasteiger partial charge in [0.15, 0.2) is 17.3 Å². The van der Waals surface area contributed by atoms with Gasteiger partial charge in [-0.15, -0.1) is 0 Å². The highest BCUT2D eigenvalue weighted by atomic mass is 19.2. The first-order valence-electron chi connectivity index (χ1n) is 11.8. The minimum Gasteiger partial charge on any atom is -0.386 e. The third kappa shape index (κ3) is 4.50. The molecular weight excluding hydrogens is 456 g/mol. The quantitative estimate of drug-likeness (QED) is 0.530. The SMILES string of the molecule is NC1=NC[C@H](c2cccc(F)c2F)CC[C@H]1NC(=O)N1CCC(n2c(=O)[nH]c3ncccc32)CC1. The van der Waals surface area contributed by atoms with Crippen molar-refractivity contribution in [2.45, 2.75) is 43.7 Å². The largest absolute Gasteiger partial charge is 0.386 e. The number of hydrogen-bond donors (Lipinski definition) is 3. The van der Waals surface area contributed by atoms with Crippen LogP contribution in [0.25, 0.3) is 11.2 Å². The van der Waals surface area contributed by atoms with Gasteiger partial charge in [0.1, 0.15) is 5.84 Å². The van der Waals surface area contributed by atoms with E-state index in [1.807, 2.05) is 6.07 Å². The number of aliphatic imine (C=N–C) groups is 1. The van der Waals surface area contributed by atoms with E-state index >= 15 is 0 Å². The van der Waals surface area contributed by atoms with E-state index in [1.54, 1.807) is 27.8 Å². The number of piperidine rings is 1. The number of amides is 2. The molecule has 184 valence electrons. The Morgan fingerprint density at radius 2 is 1.91 bits per heavy atom. The van der Waals surface area contributed by atoms with Crippen LogP contribution >= 0.6 is 0 Å². The number of pyridine rings is 1. The van der Waals surface area contributed by atoms with E-state index in [2.05, 4.69) is 20.3 Å². The van der Waals surface area contributed by atoms with Crippen LogP contribution in [0.2, 0.25) is 0 Å². The number of rotatable bonds is 3. The van der Waals surface area contributed by atoms with E-state index in [9.17, 15) is 18.4 Å². The molecule has 0 spiro atoms. The molecule has 2 atom stereocenters. The van der Waals surface area contributed by atoms with Crippen LogP contribution in [0.5, 0.6) is 0 Å². The van der Waals surface area contributed by atoms with Gasteiger partial charge in [-0.3, -0.25) is 14.5 Å². The Kier molecular flexibility index (Phi) is 6.23. The number of amidine groups is 1. The zero-order valence-corrected chi connectivity index (χ0v) is 19.1. The van der Waals surface area contributed by atoms with Gasteiger partial charge in [-0.25, -0.2) is 23.4 Å². The maximum absolute atomic E-state index is 14.3. The number of hydrogen-bond acceptors (Lipinski definition) is 5. The number of imidazole rings is 1. The zero-order chi connectivity index (χ0) is 24.5. The van der Waals surface area contributed by atoms with Gasteiger partial charge >= 0.3 is 11.7 Å². The highest BCUT2D eigenvalue weighted by Crippen LogP contribution is 2.29. The molecule has 0 radical (unpaired) electrons. The summed E-state index contributed by atoms with van der Waals surface area (Å²) >= 11 is 0. The molecule has 5 rings (SSSR count). The van der Waals surface area contributed by atoms with E-state index < -0.39 is 17.7 Å². The molecule has 1 fully saturated rings. The van der Waals surface area contributed by atoms with Crippen LogP contribution in [0.15, 0.2) is 46.3 Å². The molecule has 2 amide bonds. The summed E-state index contributed by atoms with van der Waals surface area (Å²) in [6, 6.07) is 7.01. The van der Waals surface area contributed by atoms with Crippen molar-refractivity contribution in [3.05, 3.63) is 64.2 Å². The first-order valence-corrected chi connectivity index (χ1v) is 11.8. The van der Waals surface area contributed by atoms with Crippen LogP contribution in [0.3, 0.4) is 0 Å². The fourth-order valence-corrected chi connectivity index (χ4v) is 5.06. The van der Waals surface area contributed by atoms with Crippen LogP contribution in [-0.2, 0) is 0 Å². The lowest BCUT2D eigenvalue weighted by molar-refractivity contribution is 0.170. The van der Waals surface area contributed by atoms with Crippen molar-refractivity contribution in [2.24, 2.45) is 10.7 Å². The number of likely N-dealkylation sites (tertiary alicyclic amines) is 1. The van der Waals surface area contributed by atoms with Gasteiger partial charge in [-0.05, 0) is 49.4 Å². The van der Waals surface area contributed by atoms with Crippen LogP contribution in [0.4, 0.5) is 13.6 Å². The fraction of sp³-hybridized carbons (Fsp3) is 0.417. The zero-order valence-electron chi connectivity index (χ0n) is 19.1. The van der Waals surface area contributed by atoms with Crippen molar-refractivity contribution in [3.63, 3.8) is 0 Å². The summed E-state index contributed by atoms with van der Waals surface area (Å²) in [5.41, 5.74) is 7.51. The van der Waals surface area contributed by atoms with Crippen molar-refractivity contribution >= 4 is 23.0 Å². The first-order chi connectivity index (χ1) is 16.9. The summed E-state index contributed by atoms with van der Waals surface area (Å²) in [7, 11) is 0. The first kappa shape index (κ1) is 23.0.